The van der Waals surface area contributed by atoms with Crippen molar-refractivity contribution < 1.29 is 18.0 Å². The molecule has 3 aromatic carbocycles. The van der Waals surface area contributed by atoms with Crippen molar-refractivity contribution in [3.63, 3.8) is 0 Å². The summed E-state index contributed by atoms with van der Waals surface area (Å²) >= 11 is 0. The zero-order valence-corrected chi connectivity index (χ0v) is 22.0. The molecule has 0 aliphatic rings. The molecule has 1 N–H and O–H groups in total. The summed E-state index contributed by atoms with van der Waals surface area (Å²) in [6.45, 7) is 5.34. The summed E-state index contributed by atoms with van der Waals surface area (Å²) in [5.41, 5.74) is 3.35. The van der Waals surface area contributed by atoms with E-state index in [9.17, 15) is 18.0 Å². The van der Waals surface area contributed by atoms with Crippen LogP contribution in [0.3, 0.4) is 0 Å². The van der Waals surface area contributed by atoms with E-state index in [-0.39, 0.29) is 17.3 Å². The molecule has 0 saturated carbocycles. The summed E-state index contributed by atoms with van der Waals surface area (Å²) in [5.74, 6) is -0.814. The second kappa shape index (κ2) is 11.9. The number of nitrogens with one attached hydrogen (secondary N) is 1. The minimum Gasteiger partial charge on any atom is -0.357 e. The first-order chi connectivity index (χ1) is 17.2. The van der Waals surface area contributed by atoms with Crippen LogP contribution in [0.1, 0.15) is 30.5 Å². The predicted octanol–water partition coefficient (Wildman–Crippen LogP) is 3.92. The molecule has 0 bridgehead atoms. The van der Waals surface area contributed by atoms with Crippen LogP contribution in [0.25, 0.3) is 0 Å². The third-order valence-corrected chi connectivity index (χ3v) is 7.92. The topological polar surface area (TPSA) is 86.8 Å². The van der Waals surface area contributed by atoms with Gasteiger partial charge in [0.15, 0.2) is 0 Å². The van der Waals surface area contributed by atoms with Gasteiger partial charge in [0.2, 0.25) is 11.8 Å². The fraction of sp³-hybridized carbons (Fsp3) is 0.286. The number of rotatable bonds is 10. The van der Waals surface area contributed by atoms with Crippen LogP contribution in [0.15, 0.2) is 83.8 Å². The largest absolute Gasteiger partial charge is 0.357 e. The van der Waals surface area contributed by atoms with E-state index in [0.717, 1.165) is 27.4 Å². The summed E-state index contributed by atoms with van der Waals surface area (Å²) in [6, 6.07) is 22.0. The second-order valence-electron chi connectivity index (χ2n) is 8.64. The number of hydrogen-bond acceptors (Lipinski definition) is 4. The predicted molar refractivity (Wildman–Crippen MR) is 142 cm³/mol. The SMILES string of the molecule is CCc1ccc(N(CC(=O)N(Cc2ccc(C)cc2)[C@@H](C)C(=O)NC)S(=O)(=O)c2ccccc2)cc1. The number of amides is 2. The first-order valence-corrected chi connectivity index (χ1v) is 13.3. The van der Waals surface area contributed by atoms with E-state index < -0.39 is 28.5 Å². The average Bonchev–Trinajstić information content (AvgIpc) is 2.90. The van der Waals surface area contributed by atoms with E-state index in [1.807, 2.05) is 50.2 Å². The molecule has 0 aliphatic carbocycles. The molecule has 0 heterocycles. The molecule has 0 radical (unpaired) electrons. The molecule has 3 rings (SSSR count). The highest BCUT2D eigenvalue weighted by molar-refractivity contribution is 7.92. The van der Waals surface area contributed by atoms with Crippen LogP contribution in [0, 0.1) is 6.92 Å². The van der Waals surface area contributed by atoms with Crippen molar-refractivity contribution >= 4 is 27.5 Å². The smallest absolute Gasteiger partial charge is 0.264 e. The Morgan fingerprint density at radius 2 is 1.47 bits per heavy atom. The molecule has 2 amide bonds. The van der Waals surface area contributed by atoms with Crippen LogP contribution in [0.4, 0.5) is 5.69 Å². The van der Waals surface area contributed by atoms with Crippen LogP contribution in [0.2, 0.25) is 0 Å². The van der Waals surface area contributed by atoms with Crippen LogP contribution in [0.5, 0.6) is 0 Å². The Labute approximate surface area is 213 Å². The Bertz CT molecular complexity index is 1270. The maximum absolute atomic E-state index is 13.7. The Morgan fingerprint density at radius 1 is 0.889 bits per heavy atom. The zero-order chi connectivity index (χ0) is 26.3. The number of aryl methyl sites for hydroxylation is 2. The van der Waals surface area contributed by atoms with Gasteiger partial charge < -0.3 is 10.2 Å². The van der Waals surface area contributed by atoms with Gasteiger partial charge in [0.05, 0.1) is 10.6 Å². The minimum atomic E-state index is -4.05. The number of nitrogens with zero attached hydrogens (tertiary/aromatic N) is 2. The molecule has 190 valence electrons. The van der Waals surface area contributed by atoms with Gasteiger partial charge in [-0.2, -0.15) is 0 Å². The van der Waals surface area contributed by atoms with E-state index in [1.54, 1.807) is 37.3 Å². The molecule has 0 saturated heterocycles. The first-order valence-electron chi connectivity index (χ1n) is 11.9. The molecule has 0 spiro atoms. The van der Waals surface area contributed by atoms with Crippen molar-refractivity contribution in [1.82, 2.24) is 10.2 Å². The number of carbonyl (C=O) groups is 2. The van der Waals surface area contributed by atoms with Crippen LogP contribution in [-0.2, 0) is 32.6 Å². The van der Waals surface area contributed by atoms with Gasteiger partial charge >= 0.3 is 0 Å². The number of anilines is 1. The number of hydrogen-bond donors (Lipinski definition) is 1. The van der Waals surface area contributed by atoms with E-state index in [2.05, 4.69) is 5.32 Å². The average molecular weight is 508 g/mol. The molecular weight excluding hydrogens is 474 g/mol. The molecule has 0 unspecified atom stereocenters. The maximum Gasteiger partial charge on any atom is 0.264 e. The Morgan fingerprint density at radius 3 is 2.03 bits per heavy atom. The highest BCUT2D eigenvalue weighted by Crippen LogP contribution is 2.25. The number of benzene rings is 3. The number of carbonyl (C=O) groups excluding carboxylic acids is 2. The molecule has 0 aliphatic heterocycles. The van der Waals surface area contributed by atoms with Gasteiger partial charge in [0.25, 0.3) is 10.0 Å². The quantitative estimate of drug-likeness (QED) is 0.451. The van der Waals surface area contributed by atoms with E-state index >= 15 is 0 Å². The van der Waals surface area contributed by atoms with Gasteiger partial charge in [-0.25, -0.2) is 8.42 Å². The zero-order valence-electron chi connectivity index (χ0n) is 21.1. The van der Waals surface area contributed by atoms with Crippen LogP contribution < -0.4 is 9.62 Å². The Kier molecular flexibility index (Phi) is 8.88. The highest BCUT2D eigenvalue weighted by Gasteiger charge is 2.32. The summed E-state index contributed by atoms with van der Waals surface area (Å²) in [7, 11) is -2.54. The van der Waals surface area contributed by atoms with E-state index in [0.29, 0.717) is 5.69 Å². The normalized spacial score (nSPS) is 12.0. The lowest BCUT2D eigenvalue weighted by Crippen LogP contribution is -2.50. The maximum atomic E-state index is 13.7. The molecule has 0 aromatic heterocycles. The lowest BCUT2D eigenvalue weighted by Gasteiger charge is -2.31. The minimum absolute atomic E-state index is 0.0850. The summed E-state index contributed by atoms with van der Waals surface area (Å²) in [4.78, 5) is 27.7. The van der Waals surface area contributed by atoms with Gasteiger partial charge in [0.1, 0.15) is 12.6 Å². The van der Waals surface area contributed by atoms with Crippen LogP contribution in [-0.4, -0.2) is 44.8 Å². The second-order valence-corrected chi connectivity index (χ2v) is 10.5. The van der Waals surface area contributed by atoms with Crippen molar-refractivity contribution in [3.8, 4) is 0 Å². The van der Waals surface area contributed by atoms with Gasteiger partial charge in [-0.3, -0.25) is 13.9 Å². The van der Waals surface area contributed by atoms with Crippen molar-refractivity contribution in [2.75, 3.05) is 17.9 Å². The molecule has 1 atom stereocenters. The lowest BCUT2D eigenvalue weighted by molar-refractivity contribution is -0.139. The van der Waals surface area contributed by atoms with Crippen molar-refractivity contribution in [2.24, 2.45) is 0 Å². The Balaban J connectivity index is 2.01. The Hall–Kier alpha value is -3.65. The standard InChI is InChI=1S/C28H33N3O4S/c1-5-23-15-17-25(18-16-23)31(36(34,35)26-9-7-6-8-10-26)20-27(32)30(22(3)28(33)29-4)19-24-13-11-21(2)12-14-24/h6-18,22H,5,19-20H2,1-4H3,(H,29,33)/t22-/m0/s1. The van der Waals surface area contributed by atoms with E-state index in [1.165, 1.54) is 24.1 Å². The number of likely N-dealkylation sites (N-methyl/N-ethyl adjacent to an activating group) is 1. The van der Waals surface area contributed by atoms with Gasteiger partial charge in [-0.15, -0.1) is 0 Å². The molecular formula is C28H33N3O4S. The van der Waals surface area contributed by atoms with Gasteiger partial charge in [0, 0.05) is 13.6 Å². The first kappa shape index (κ1) is 26.9. The fourth-order valence-corrected chi connectivity index (χ4v) is 5.26. The molecule has 7 nitrogen and oxygen atoms in total. The van der Waals surface area contributed by atoms with Crippen LogP contribution >= 0.6 is 0 Å². The van der Waals surface area contributed by atoms with Crippen molar-refractivity contribution in [1.29, 1.82) is 0 Å². The van der Waals surface area contributed by atoms with Gasteiger partial charge in [-0.1, -0.05) is 67.1 Å². The summed E-state index contributed by atoms with van der Waals surface area (Å²) < 4.78 is 28.5. The van der Waals surface area contributed by atoms with Crippen molar-refractivity contribution in [2.45, 2.75) is 44.7 Å². The van der Waals surface area contributed by atoms with E-state index in [4.69, 9.17) is 0 Å². The summed E-state index contributed by atoms with van der Waals surface area (Å²) in [6.07, 6.45) is 0.804. The fourth-order valence-electron chi connectivity index (χ4n) is 3.83. The van der Waals surface area contributed by atoms with Gasteiger partial charge in [-0.05, 0) is 55.7 Å². The summed E-state index contributed by atoms with van der Waals surface area (Å²) in [5, 5.41) is 2.58. The highest BCUT2D eigenvalue weighted by atomic mass is 32.2. The van der Waals surface area contributed by atoms with Crippen molar-refractivity contribution in [3.05, 3.63) is 95.6 Å². The lowest BCUT2D eigenvalue weighted by atomic mass is 10.1. The molecule has 36 heavy (non-hydrogen) atoms. The number of sulfonamides is 1. The monoisotopic (exact) mass is 507 g/mol. The molecule has 8 heteroatoms. The molecule has 0 fully saturated rings. The third-order valence-electron chi connectivity index (χ3n) is 6.13. The third kappa shape index (κ3) is 6.31. The molecule has 3 aromatic rings.